The monoisotopic (exact) mass is 165 g/mol. The fourth-order valence-corrected chi connectivity index (χ4v) is 1.59. The van der Waals surface area contributed by atoms with Crippen molar-refractivity contribution in [3.8, 4) is 0 Å². The first-order chi connectivity index (χ1) is 5.81. The molecule has 0 radical (unpaired) electrons. The van der Waals surface area contributed by atoms with E-state index in [0.29, 0.717) is 6.54 Å². The zero-order chi connectivity index (χ0) is 8.55. The van der Waals surface area contributed by atoms with Gasteiger partial charge < -0.3 is 10.3 Å². The van der Waals surface area contributed by atoms with Crippen LogP contribution >= 0.6 is 0 Å². The van der Waals surface area contributed by atoms with Crippen molar-refractivity contribution in [3.05, 3.63) is 18.2 Å². The first-order valence-electron chi connectivity index (χ1n) is 4.50. The second-order valence-electron chi connectivity index (χ2n) is 3.71. The second-order valence-corrected chi connectivity index (χ2v) is 3.71. The van der Waals surface area contributed by atoms with E-state index >= 15 is 0 Å². The first kappa shape index (κ1) is 7.80. The molecule has 2 rings (SSSR count). The summed E-state index contributed by atoms with van der Waals surface area (Å²) in [6.07, 6.45) is 5.10. The Morgan fingerprint density at radius 2 is 2.50 bits per heavy atom. The van der Waals surface area contributed by atoms with Crippen molar-refractivity contribution in [1.29, 1.82) is 0 Å². The van der Waals surface area contributed by atoms with Crippen molar-refractivity contribution in [2.24, 2.45) is 17.6 Å². The summed E-state index contributed by atoms with van der Waals surface area (Å²) in [6.45, 7) is 4.00. The van der Waals surface area contributed by atoms with Gasteiger partial charge in [0.2, 0.25) is 0 Å². The quantitative estimate of drug-likeness (QED) is 0.726. The van der Waals surface area contributed by atoms with Crippen LogP contribution in [-0.2, 0) is 13.1 Å². The Hall–Kier alpha value is -0.830. The van der Waals surface area contributed by atoms with E-state index in [9.17, 15) is 0 Å². The fourth-order valence-electron chi connectivity index (χ4n) is 1.59. The molecule has 1 aromatic heterocycles. The minimum absolute atomic E-state index is 0.598. The highest BCUT2D eigenvalue weighted by Crippen LogP contribution is 2.39. The van der Waals surface area contributed by atoms with Gasteiger partial charge in [0.25, 0.3) is 0 Å². The third-order valence-electron chi connectivity index (χ3n) is 2.72. The molecule has 1 heterocycles. The molecule has 0 amide bonds. The minimum Gasteiger partial charge on any atom is -0.333 e. The van der Waals surface area contributed by atoms with Crippen LogP contribution in [0.2, 0.25) is 0 Å². The van der Waals surface area contributed by atoms with E-state index < -0.39 is 0 Å². The lowest BCUT2D eigenvalue weighted by atomic mass is 10.3. The number of imidazole rings is 1. The smallest absolute Gasteiger partial charge is 0.0948 e. The van der Waals surface area contributed by atoms with E-state index in [1.165, 1.54) is 6.42 Å². The average molecular weight is 165 g/mol. The molecule has 66 valence electrons. The van der Waals surface area contributed by atoms with Gasteiger partial charge in [0, 0.05) is 19.3 Å². The van der Waals surface area contributed by atoms with Crippen molar-refractivity contribution in [2.45, 2.75) is 26.4 Å². The molecule has 1 fully saturated rings. The molecule has 3 nitrogen and oxygen atoms in total. The number of hydrogen-bond donors (Lipinski definition) is 1. The molecule has 2 N–H and O–H groups in total. The molecule has 0 aromatic carbocycles. The van der Waals surface area contributed by atoms with E-state index in [1.807, 2.05) is 12.5 Å². The van der Waals surface area contributed by atoms with Crippen LogP contribution in [0.4, 0.5) is 0 Å². The molecular weight excluding hydrogens is 150 g/mol. The molecule has 0 spiro atoms. The predicted octanol–water partition coefficient (Wildman–Crippen LogP) is 0.998. The lowest BCUT2D eigenvalue weighted by molar-refractivity contribution is 0.574. The largest absolute Gasteiger partial charge is 0.333 e. The Balaban J connectivity index is 2.02. The predicted molar refractivity (Wildman–Crippen MR) is 47.4 cm³/mol. The van der Waals surface area contributed by atoms with Crippen LogP contribution in [0.25, 0.3) is 0 Å². The summed E-state index contributed by atoms with van der Waals surface area (Å²) in [5.74, 6) is 1.77. The number of aromatic nitrogens is 2. The Morgan fingerprint density at radius 3 is 3.08 bits per heavy atom. The summed E-state index contributed by atoms with van der Waals surface area (Å²) < 4.78 is 2.17. The zero-order valence-corrected chi connectivity index (χ0v) is 7.40. The van der Waals surface area contributed by atoms with Gasteiger partial charge in [-0.1, -0.05) is 6.92 Å². The molecule has 12 heavy (non-hydrogen) atoms. The lowest BCUT2D eigenvalue weighted by Crippen LogP contribution is -2.07. The fraction of sp³-hybridized carbons (Fsp3) is 0.667. The number of nitrogens with two attached hydrogens (primary N) is 1. The van der Waals surface area contributed by atoms with Crippen molar-refractivity contribution < 1.29 is 0 Å². The summed E-state index contributed by atoms with van der Waals surface area (Å²) in [5.41, 5.74) is 6.71. The molecule has 3 heteroatoms. The van der Waals surface area contributed by atoms with Crippen LogP contribution in [0.15, 0.2) is 12.5 Å². The van der Waals surface area contributed by atoms with Crippen molar-refractivity contribution in [1.82, 2.24) is 9.55 Å². The molecule has 1 aromatic rings. The van der Waals surface area contributed by atoms with Crippen LogP contribution in [0, 0.1) is 11.8 Å². The van der Waals surface area contributed by atoms with Gasteiger partial charge in [0.05, 0.1) is 12.0 Å². The third-order valence-corrected chi connectivity index (χ3v) is 2.72. The highest BCUT2D eigenvalue weighted by molar-refractivity contribution is 4.98. The number of rotatable bonds is 3. The Bertz CT molecular complexity index is 266. The standard InChI is InChI=1S/C9H15N3/c1-7-2-8(7)5-12-6-11-4-9(12)3-10/h4,6-8H,2-3,5,10H2,1H3. The lowest BCUT2D eigenvalue weighted by Gasteiger charge is -2.04. The van der Waals surface area contributed by atoms with Crippen LogP contribution in [0.3, 0.4) is 0 Å². The molecule has 0 aliphatic heterocycles. The van der Waals surface area contributed by atoms with Crippen LogP contribution in [0.5, 0.6) is 0 Å². The molecule has 0 saturated heterocycles. The van der Waals surface area contributed by atoms with Crippen molar-refractivity contribution in [3.63, 3.8) is 0 Å². The molecule has 0 bridgehead atoms. The third kappa shape index (κ3) is 1.37. The highest BCUT2D eigenvalue weighted by Gasteiger charge is 2.32. The molecule has 1 saturated carbocycles. The Morgan fingerprint density at radius 1 is 1.75 bits per heavy atom. The number of hydrogen-bond acceptors (Lipinski definition) is 2. The summed E-state index contributed by atoms with van der Waals surface area (Å²) in [5, 5.41) is 0. The average Bonchev–Trinajstić information content (AvgIpc) is 2.62. The van der Waals surface area contributed by atoms with Gasteiger partial charge in [0.15, 0.2) is 0 Å². The topological polar surface area (TPSA) is 43.8 Å². The van der Waals surface area contributed by atoms with Gasteiger partial charge in [0.1, 0.15) is 0 Å². The first-order valence-corrected chi connectivity index (χ1v) is 4.50. The molecule has 1 aliphatic rings. The summed E-state index contributed by atoms with van der Waals surface area (Å²) >= 11 is 0. The minimum atomic E-state index is 0.598. The van der Waals surface area contributed by atoms with E-state index in [1.54, 1.807) is 0 Å². The SMILES string of the molecule is CC1CC1Cn1cncc1CN. The summed E-state index contributed by atoms with van der Waals surface area (Å²) in [4.78, 5) is 4.08. The van der Waals surface area contributed by atoms with Gasteiger partial charge in [-0.2, -0.15) is 0 Å². The van der Waals surface area contributed by atoms with Gasteiger partial charge in [-0.25, -0.2) is 4.98 Å². The van der Waals surface area contributed by atoms with Gasteiger partial charge >= 0.3 is 0 Å². The summed E-state index contributed by atoms with van der Waals surface area (Å²) in [6, 6.07) is 0. The Labute approximate surface area is 72.6 Å². The Kier molecular flexibility index (Phi) is 1.89. The molecule has 1 aliphatic carbocycles. The van der Waals surface area contributed by atoms with Gasteiger partial charge in [-0.05, 0) is 18.3 Å². The van der Waals surface area contributed by atoms with E-state index in [2.05, 4.69) is 16.5 Å². The molecule has 2 atom stereocenters. The highest BCUT2D eigenvalue weighted by atomic mass is 15.1. The maximum atomic E-state index is 5.57. The van der Waals surface area contributed by atoms with Crippen LogP contribution < -0.4 is 5.73 Å². The van der Waals surface area contributed by atoms with Crippen LogP contribution in [0.1, 0.15) is 19.0 Å². The van der Waals surface area contributed by atoms with Crippen molar-refractivity contribution >= 4 is 0 Å². The maximum Gasteiger partial charge on any atom is 0.0948 e. The van der Waals surface area contributed by atoms with E-state index in [0.717, 1.165) is 24.1 Å². The second kappa shape index (κ2) is 2.90. The van der Waals surface area contributed by atoms with E-state index in [-0.39, 0.29) is 0 Å². The van der Waals surface area contributed by atoms with Gasteiger partial charge in [-0.15, -0.1) is 0 Å². The molecular formula is C9H15N3. The normalized spacial score (nSPS) is 27.5. The van der Waals surface area contributed by atoms with E-state index in [4.69, 9.17) is 5.73 Å². The van der Waals surface area contributed by atoms with Crippen molar-refractivity contribution in [2.75, 3.05) is 0 Å². The maximum absolute atomic E-state index is 5.57. The molecule has 2 unspecified atom stereocenters. The number of nitrogens with zero attached hydrogens (tertiary/aromatic N) is 2. The summed E-state index contributed by atoms with van der Waals surface area (Å²) in [7, 11) is 0. The van der Waals surface area contributed by atoms with Crippen LogP contribution in [-0.4, -0.2) is 9.55 Å². The van der Waals surface area contributed by atoms with Gasteiger partial charge in [-0.3, -0.25) is 0 Å². The zero-order valence-electron chi connectivity index (χ0n) is 7.40.